The molecule has 0 atom stereocenters. The molecule has 1 amide bonds. The molecule has 2 rings (SSSR count). The largest absolute Gasteiger partial charge is 0.462 e. The summed E-state index contributed by atoms with van der Waals surface area (Å²) < 4.78 is 4.99. The predicted molar refractivity (Wildman–Crippen MR) is 86.8 cm³/mol. The van der Waals surface area contributed by atoms with Crippen LogP contribution in [-0.4, -0.2) is 23.5 Å². The van der Waals surface area contributed by atoms with Crippen LogP contribution in [0.25, 0.3) is 0 Å². The Kier molecular flexibility index (Phi) is 5.11. The van der Waals surface area contributed by atoms with Crippen LogP contribution < -0.4 is 10.6 Å². The number of nitrogens with zero attached hydrogens (tertiary/aromatic N) is 1. The van der Waals surface area contributed by atoms with E-state index in [4.69, 9.17) is 4.74 Å². The van der Waals surface area contributed by atoms with Crippen LogP contribution in [0.4, 0.5) is 16.5 Å². The lowest BCUT2D eigenvalue weighted by molar-refractivity contribution is -0.114. The van der Waals surface area contributed by atoms with Gasteiger partial charge in [0.25, 0.3) is 0 Å². The number of aryl methyl sites for hydroxylation is 1. The van der Waals surface area contributed by atoms with Crippen LogP contribution in [0, 0.1) is 6.92 Å². The van der Waals surface area contributed by atoms with E-state index in [2.05, 4.69) is 15.6 Å². The van der Waals surface area contributed by atoms with Crippen molar-refractivity contribution in [3.8, 4) is 0 Å². The van der Waals surface area contributed by atoms with Gasteiger partial charge in [-0.15, -0.1) is 0 Å². The topological polar surface area (TPSA) is 80.3 Å². The van der Waals surface area contributed by atoms with E-state index in [0.717, 1.165) is 5.69 Å². The molecule has 0 spiro atoms. The molecule has 0 saturated carbocycles. The van der Waals surface area contributed by atoms with Gasteiger partial charge >= 0.3 is 5.97 Å². The summed E-state index contributed by atoms with van der Waals surface area (Å²) in [7, 11) is 0. The highest BCUT2D eigenvalue weighted by Crippen LogP contribution is 2.27. The fourth-order valence-corrected chi connectivity index (χ4v) is 2.72. The van der Waals surface area contributed by atoms with Gasteiger partial charge in [-0.2, -0.15) is 0 Å². The van der Waals surface area contributed by atoms with Gasteiger partial charge in [0.05, 0.1) is 12.3 Å². The van der Waals surface area contributed by atoms with E-state index < -0.39 is 0 Å². The van der Waals surface area contributed by atoms with E-state index in [1.807, 2.05) is 12.1 Å². The molecular formula is C15H17N3O3S. The molecule has 1 aromatic heterocycles. The van der Waals surface area contributed by atoms with Crippen molar-refractivity contribution in [3.63, 3.8) is 0 Å². The van der Waals surface area contributed by atoms with Crippen LogP contribution >= 0.6 is 11.3 Å². The number of carbonyl (C=O) groups is 2. The van der Waals surface area contributed by atoms with Gasteiger partial charge in [0, 0.05) is 18.3 Å². The van der Waals surface area contributed by atoms with Crippen molar-refractivity contribution in [1.29, 1.82) is 0 Å². The van der Waals surface area contributed by atoms with Gasteiger partial charge in [0.1, 0.15) is 4.88 Å². The van der Waals surface area contributed by atoms with Gasteiger partial charge in [-0.25, -0.2) is 9.78 Å². The fourth-order valence-electron chi connectivity index (χ4n) is 1.84. The van der Waals surface area contributed by atoms with E-state index in [0.29, 0.717) is 28.0 Å². The molecule has 116 valence electrons. The van der Waals surface area contributed by atoms with Crippen molar-refractivity contribution in [2.24, 2.45) is 0 Å². The summed E-state index contributed by atoms with van der Waals surface area (Å²) in [6.45, 7) is 5.32. The number of esters is 1. The Morgan fingerprint density at radius 3 is 2.73 bits per heavy atom. The fraction of sp³-hybridized carbons (Fsp3) is 0.267. The van der Waals surface area contributed by atoms with Crippen LogP contribution in [0.1, 0.15) is 29.2 Å². The number of ether oxygens (including phenoxy) is 1. The molecule has 0 bridgehead atoms. The van der Waals surface area contributed by atoms with Gasteiger partial charge in [-0.1, -0.05) is 17.4 Å². The molecule has 6 nitrogen and oxygen atoms in total. The standard InChI is InChI=1S/C15H17N3O3S/c1-4-21-14(20)13-9(2)16-15(22-13)18-12-7-5-6-11(8-12)17-10(3)19/h5-8H,4H2,1-3H3,(H,16,18)(H,17,19). The zero-order chi connectivity index (χ0) is 16.1. The van der Waals surface area contributed by atoms with Crippen molar-refractivity contribution >= 4 is 39.7 Å². The minimum Gasteiger partial charge on any atom is -0.462 e. The van der Waals surface area contributed by atoms with E-state index >= 15 is 0 Å². The number of nitrogens with one attached hydrogen (secondary N) is 2. The number of amides is 1. The number of benzene rings is 1. The number of rotatable bonds is 5. The molecule has 0 fully saturated rings. The Bertz CT molecular complexity index is 697. The molecule has 0 aliphatic carbocycles. The molecule has 0 saturated heterocycles. The summed E-state index contributed by atoms with van der Waals surface area (Å²) in [5, 5.41) is 6.43. The molecule has 0 aliphatic rings. The van der Waals surface area contributed by atoms with Crippen molar-refractivity contribution in [3.05, 3.63) is 34.8 Å². The summed E-state index contributed by atoms with van der Waals surface area (Å²) in [5.74, 6) is -0.496. The number of aromatic nitrogens is 1. The number of hydrogen-bond acceptors (Lipinski definition) is 6. The third-order valence-corrected chi connectivity index (χ3v) is 3.74. The van der Waals surface area contributed by atoms with Crippen LogP contribution in [0.2, 0.25) is 0 Å². The second-order valence-corrected chi connectivity index (χ2v) is 5.54. The molecule has 1 heterocycles. The smallest absolute Gasteiger partial charge is 0.350 e. The average Bonchev–Trinajstić information content (AvgIpc) is 2.79. The summed E-state index contributed by atoms with van der Waals surface area (Å²) in [5.41, 5.74) is 2.09. The lowest BCUT2D eigenvalue weighted by Gasteiger charge is -2.06. The Hall–Kier alpha value is -2.41. The van der Waals surface area contributed by atoms with Gasteiger partial charge in [-0.05, 0) is 32.0 Å². The van der Waals surface area contributed by atoms with E-state index in [1.165, 1.54) is 18.3 Å². The third-order valence-electron chi connectivity index (χ3n) is 2.69. The van der Waals surface area contributed by atoms with Crippen LogP contribution in [0.3, 0.4) is 0 Å². The first-order valence-corrected chi connectivity index (χ1v) is 7.60. The Morgan fingerprint density at radius 2 is 2.05 bits per heavy atom. The first-order valence-electron chi connectivity index (χ1n) is 6.78. The minimum absolute atomic E-state index is 0.133. The van der Waals surface area contributed by atoms with Crippen molar-refractivity contribution in [2.75, 3.05) is 17.2 Å². The second-order valence-electron chi connectivity index (χ2n) is 4.54. The predicted octanol–water partition coefficient (Wildman–Crippen LogP) is 3.33. The maximum absolute atomic E-state index is 11.8. The zero-order valence-corrected chi connectivity index (χ0v) is 13.4. The summed E-state index contributed by atoms with van der Waals surface area (Å²) in [4.78, 5) is 27.7. The third kappa shape index (κ3) is 4.05. The van der Waals surface area contributed by atoms with E-state index in [-0.39, 0.29) is 11.9 Å². The van der Waals surface area contributed by atoms with Crippen molar-refractivity contribution < 1.29 is 14.3 Å². The maximum Gasteiger partial charge on any atom is 0.350 e. The number of anilines is 3. The quantitative estimate of drug-likeness (QED) is 0.826. The summed E-state index contributed by atoms with van der Waals surface area (Å²) >= 11 is 1.24. The first-order chi connectivity index (χ1) is 10.5. The van der Waals surface area contributed by atoms with Crippen LogP contribution in [-0.2, 0) is 9.53 Å². The maximum atomic E-state index is 11.8. The van der Waals surface area contributed by atoms with Crippen molar-refractivity contribution in [1.82, 2.24) is 4.98 Å². The number of carbonyl (C=O) groups excluding carboxylic acids is 2. The molecule has 1 aromatic carbocycles. The molecule has 7 heteroatoms. The SMILES string of the molecule is CCOC(=O)c1sc(Nc2cccc(NC(C)=O)c2)nc1C. The molecule has 0 radical (unpaired) electrons. The minimum atomic E-state index is -0.363. The average molecular weight is 319 g/mol. The molecule has 22 heavy (non-hydrogen) atoms. The number of hydrogen-bond donors (Lipinski definition) is 2. The molecule has 2 aromatic rings. The second kappa shape index (κ2) is 7.04. The zero-order valence-electron chi connectivity index (χ0n) is 12.6. The molecular weight excluding hydrogens is 302 g/mol. The Labute approximate surface area is 132 Å². The van der Waals surface area contributed by atoms with E-state index in [9.17, 15) is 9.59 Å². The highest BCUT2D eigenvalue weighted by molar-refractivity contribution is 7.17. The van der Waals surface area contributed by atoms with Gasteiger partial charge in [-0.3, -0.25) is 4.79 Å². The Balaban J connectivity index is 2.16. The summed E-state index contributed by atoms with van der Waals surface area (Å²) in [6, 6.07) is 7.26. The van der Waals surface area contributed by atoms with E-state index in [1.54, 1.807) is 26.0 Å². The molecule has 0 aliphatic heterocycles. The molecule has 0 unspecified atom stereocenters. The summed E-state index contributed by atoms with van der Waals surface area (Å²) in [6.07, 6.45) is 0. The number of thiazole rings is 1. The van der Waals surface area contributed by atoms with Crippen LogP contribution in [0.5, 0.6) is 0 Å². The molecule has 2 N–H and O–H groups in total. The highest BCUT2D eigenvalue weighted by Gasteiger charge is 2.16. The Morgan fingerprint density at radius 1 is 1.32 bits per heavy atom. The lowest BCUT2D eigenvalue weighted by atomic mass is 10.3. The van der Waals surface area contributed by atoms with Gasteiger partial charge in [0.2, 0.25) is 5.91 Å². The first kappa shape index (κ1) is 16.0. The van der Waals surface area contributed by atoms with Crippen molar-refractivity contribution in [2.45, 2.75) is 20.8 Å². The normalized spacial score (nSPS) is 10.1. The van der Waals surface area contributed by atoms with Gasteiger partial charge in [0.15, 0.2) is 5.13 Å². The monoisotopic (exact) mass is 319 g/mol. The highest BCUT2D eigenvalue weighted by atomic mass is 32.1. The lowest BCUT2D eigenvalue weighted by Crippen LogP contribution is -2.05. The van der Waals surface area contributed by atoms with Gasteiger partial charge < -0.3 is 15.4 Å². The van der Waals surface area contributed by atoms with Crippen LogP contribution in [0.15, 0.2) is 24.3 Å².